The second-order valence-electron chi connectivity index (χ2n) is 13.1. The topological polar surface area (TPSA) is 9.86 Å². The van der Waals surface area contributed by atoms with E-state index in [1.807, 2.05) is 0 Å². The lowest BCUT2D eigenvalue weighted by Gasteiger charge is -2.22. The van der Waals surface area contributed by atoms with Gasteiger partial charge in [0, 0.05) is 52.7 Å². The highest BCUT2D eigenvalue weighted by molar-refractivity contribution is 14.1. The lowest BCUT2D eigenvalue weighted by atomic mass is 9.82. The predicted octanol–water partition coefficient (Wildman–Crippen LogP) is 11.9. The smallest absolute Gasteiger partial charge is 0.0627 e. The highest BCUT2D eigenvalue weighted by Crippen LogP contribution is 2.51. The van der Waals surface area contributed by atoms with Crippen molar-refractivity contribution >= 4 is 77.0 Å². The van der Waals surface area contributed by atoms with Crippen molar-refractivity contribution in [1.29, 1.82) is 0 Å². The summed E-state index contributed by atoms with van der Waals surface area (Å²) in [6, 6.07) is 51.8. The SMILES string of the molecule is CC1(C)c2ccccc2-c2ccc(-n3c4ccccc4c4c5c6ccccc6n(-c6ccc(I)cc6)c5c5ccccc5c43)cc21. The van der Waals surface area contributed by atoms with Crippen LogP contribution in [0.2, 0.25) is 0 Å². The van der Waals surface area contributed by atoms with E-state index in [1.54, 1.807) is 0 Å². The fourth-order valence-electron chi connectivity index (χ4n) is 8.35. The third kappa shape index (κ3) is 3.36. The molecule has 1 aliphatic rings. The van der Waals surface area contributed by atoms with Crippen LogP contribution in [0.4, 0.5) is 0 Å². The molecule has 0 unspecified atom stereocenters. The van der Waals surface area contributed by atoms with E-state index in [-0.39, 0.29) is 5.41 Å². The molecule has 218 valence electrons. The van der Waals surface area contributed by atoms with Crippen molar-refractivity contribution in [3.05, 3.63) is 154 Å². The number of aromatic nitrogens is 2. The van der Waals surface area contributed by atoms with Crippen LogP contribution in [-0.4, -0.2) is 9.13 Å². The van der Waals surface area contributed by atoms with Crippen molar-refractivity contribution in [3.63, 3.8) is 0 Å². The molecule has 46 heavy (non-hydrogen) atoms. The summed E-state index contributed by atoms with van der Waals surface area (Å²) < 4.78 is 6.24. The van der Waals surface area contributed by atoms with Crippen LogP contribution in [0.15, 0.2) is 140 Å². The van der Waals surface area contributed by atoms with Crippen molar-refractivity contribution in [2.24, 2.45) is 0 Å². The third-order valence-electron chi connectivity index (χ3n) is 10.3. The number of hydrogen-bond donors (Lipinski definition) is 0. The largest absolute Gasteiger partial charge is 0.309 e. The van der Waals surface area contributed by atoms with Gasteiger partial charge in [0.1, 0.15) is 0 Å². The zero-order valence-corrected chi connectivity index (χ0v) is 27.7. The lowest BCUT2D eigenvalue weighted by molar-refractivity contribution is 0.660. The second kappa shape index (κ2) is 9.34. The van der Waals surface area contributed by atoms with Gasteiger partial charge >= 0.3 is 0 Å². The summed E-state index contributed by atoms with van der Waals surface area (Å²) in [6.07, 6.45) is 0. The van der Waals surface area contributed by atoms with E-state index in [4.69, 9.17) is 0 Å². The monoisotopic (exact) mass is 700 g/mol. The maximum atomic E-state index is 2.53. The average molecular weight is 701 g/mol. The van der Waals surface area contributed by atoms with E-state index in [0.29, 0.717) is 0 Å². The standard InChI is InChI=1S/C43H29IN2/c1-43(2)35-16-8-5-11-29(35)30-24-23-28(25-36(30)43)46-38-18-10-7-15-34(38)40-39-33-14-6-9-17-37(33)45(27-21-19-26(44)20-22-27)41(39)31-12-3-4-13-32(31)42(40)46/h3-25H,1-2H3. The summed E-state index contributed by atoms with van der Waals surface area (Å²) in [5.41, 5.74) is 12.8. The molecule has 2 aromatic heterocycles. The Bertz CT molecular complexity index is 2720. The molecule has 0 spiro atoms. The van der Waals surface area contributed by atoms with Crippen molar-refractivity contribution in [2.75, 3.05) is 0 Å². The van der Waals surface area contributed by atoms with Gasteiger partial charge in [-0.25, -0.2) is 0 Å². The van der Waals surface area contributed by atoms with E-state index in [1.165, 1.54) is 91.6 Å². The number of halogens is 1. The van der Waals surface area contributed by atoms with Crippen LogP contribution in [0.5, 0.6) is 0 Å². The predicted molar refractivity (Wildman–Crippen MR) is 203 cm³/mol. The highest BCUT2D eigenvalue weighted by Gasteiger charge is 2.35. The Morgan fingerprint density at radius 3 is 1.57 bits per heavy atom. The number of hydrogen-bond acceptors (Lipinski definition) is 0. The molecule has 0 atom stereocenters. The molecule has 0 saturated heterocycles. The molecule has 2 nitrogen and oxygen atoms in total. The summed E-state index contributed by atoms with van der Waals surface area (Å²) in [5, 5.41) is 7.71. The van der Waals surface area contributed by atoms with Crippen LogP contribution in [0.3, 0.4) is 0 Å². The minimum absolute atomic E-state index is 0.0725. The first-order chi connectivity index (χ1) is 22.5. The first-order valence-corrected chi connectivity index (χ1v) is 17.0. The van der Waals surface area contributed by atoms with Gasteiger partial charge in [0.15, 0.2) is 0 Å². The Labute approximate surface area is 280 Å². The summed E-state index contributed by atoms with van der Waals surface area (Å²) in [7, 11) is 0. The van der Waals surface area contributed by atoms with Gasteiger partial charge < -0.3 is 9.13 Å². The number of fused-ring (bicyclic) bond motifs is 13. The molecular weight excluding hydrogens is 671 g/mol. The Morgan fingerprint density at radius 1 is 0.457 bits per heavy atom. The molecule has 3 heteroatoms. The van der Waals surface area contributed by atoms with Gasteiger partial charge in [-0.2, -0.15) is 0 Å². The van der Waals surface area contributed by atoms with Gasteiger partial charge in [-0.05, 0) is 93.4 Å². The summed E-state index contributed by atoms with van der Waals surface area (Å²) in [5.74, 6) is 0. The Morgan fingerprint density at radius 2 is 0.935 bits per heavy atom. The van der Waals surface area contributed by atoms with Crippen molar-refractivity contribution in [2.45, 2.75) is 19.3 Å². The van der Waals surface area contributed by atoms with E-state index >= 15 is 0 Å². The molecule has 7 aromatic carbocycles. The van der Waals surface area contributed by atoms with Crippen LogP contribution in [0.1, 0.15) is 25.0 Å². The number of benzene rings is 7. The van der Waals surface area contributed by atoms with Crippen LogP contribution >= 0.6 is 22.6 Å². The van der Waals surface area contributed by atoms with Gasteiger partial charge in [-0.1, -0.05) is 105 Å². The van der Waals surface area contributed by atoms with Crippen molar-refractivity contribution in [3.8, 4) is 22.5 Å². The maximum Gasteiger partial charge on any atom is 0.0627 e. The average Bonchev–Trinajstić information content (AvgIpc) is 3.69. The van der Waals surface area contributed by atoms with E-state index in [9.17, 15) is 0 Å². The first kappa shape index (κ1) is 26.4. The summed E-state index contributed by atoms with van der Waals surface area (Å²) in [6.45, 7) is 4.73. The minimum Gasteiger partial charge on any atom is -0.309 e. The van der Waals surface area contributed by atoms with Gasteiger partial charge in [0.2, 0.25) is 0 Å². The van der Waals surface area contributed by atoms with Gasteiger partial charge in [0.25, 0.3) is 0 Å². The molecule has 0 bridgehead atoms. The quantitative estimate of drug-likeness (QED) is 0.159. The van der Waals surface area contributed by atoms with Gasteiger partial charge in [-0.15, -0.1) is 0 Å². The number of nitrogens with zero attached hydrogens (tertiary/aromatic N) is 2. The zero-order chi connectivity index (χ0) is 30.7. The molecule has 1 aliphatic carbocycles. The molecular formula is C43H29IN2. The molecule has 0 aliphatic heterocycles. The summed E-state index contributed by atoms with van der Waals surface area (Å²) >= 11 is 2.39. The molecule has 0 saturated carbocycles. The van der Waals surface area contributed by atoms with E-state index in [0.717, 1.165) is 0 Å². The third-order valence-corrected chi connectivity index (χ3v) is 11.1. The van der Waals surface area contributed by atoms with Crippen molar-refractivity contribution < 1.29 is 0 Å². The fourth-order valence-corrected chi connectivity index (χ4v) is 8.71. The molecule has 0 amide bonds. The highest BCUT2D eigenvalue weighted by atomic mass is 127. The van der Waals surface area contributed by atoms with Crippen LogP contribution in [0.25, 0.3) is 76.9 Å². The Balaban J connectivity index is 1.41. The molecule has 0 fully saturated rings. The normalized spacial score (nSPS) is 13.7. The van der Waals surface area contributed by atoms with Crippen LogP contribution in [-0.2, 0) is 5.41 Å². The molecule has 10 rings (SSSR count). The number of para-hydroxylation sites is 2. The maximum absolute atomic E-state index is 2.53. The van der Waals surface area contributed by atoms with E-state index in [2.05, 4.69) is 185 Å². The molecule has 0 N–H and O–H groups in total. The fraction of sp³-hybridized carbons (Fsp3) is 0.0698. The molecule has 0 radical (unpaired) electrons. The second-order valence-corrected chi connectivity index (χ2v) is 14.3. The number of rotatable bonds is 2. The molecule has 9 aromatic rings. The minimum atomic E-state index is -0.0725. The first-order valence-electron chi connectivity index (χ1n) is 15.9. The van der Waals surface area contributed by atoms with Crippen LogP contribution in [0, 0.1) is 3.57 Å². The van der Waals surface area contributed by atoms with Crippen LogP contribution < -0.4 is 0 Å². The molecule has 2 heterocycles. The Hall–Kier alpha value is -4.87. The van der Waals surface area contributed by atoms with Gasteiger partial charge in [0.05, 0.1) is 22.1 Å². The van der Waals surface area contributed by atoms with Crippen molar-refractivity contribution in [1.82, 2.24) is 9.13 Å². The summed E-state index contributed by atoms with van der Waals surface area (Å²) in [4.78, 5) is 0. The van der Waals surface area contributed by atoms with E-state index < -0.39 is 0 Å². The Kier molecular flexibility index (Phi) is 5.35. The zero-order valence-electron chi connectivity index (χ0n) is 25.6. The van der Waals surface area contributed by atoms with Gasteiger partial charge in [-0.3, -0.25) is 0 Å². The lowest BCUT2D eigenvalue weighted by Crippen LogP contribution is -2.15.